The van der Waals surface area contributed by atoms with Crippen molar-refractivity contribution in [2.24, 2.45) is 5.92 Å². The highest BCUT2D eigenvalue weighted by atomic mass is 32.2. The third kappa shape index (κ3) is 7.04. The van der Waals surface area contributed by atoms with Gasteiger partial charge in [-0.3, -0.25) is 0 Å². The van der Waals surface area contributed by atoms with Gasteiger partial charge in [0.2, 0.25) is 20.0 Å². The number of piperidine rings is 1. The van der Waals surface area contributed by atoms with Gasteiger partial charge >= 0.3 is 0 Å². The fraction of sp³-hybridized carbons (Fsp3) is 0.647. The van der Waals surface area contributed by atoms with Crippen molar-refractivity contribution in [2.75, 3.05) is 45.7 Å². The summed E-state index contributed by atoms with van der Waals surface area (Å²) in [5.74, 6) is 0.548. The third-order valence-electron chi connectivity index (χ3n) is 4.28. The standard InChI is InChI=1S/C17H28N2O6S2/c1-3-24-11-12-25-16-6-8-17(9-7-16)27(22,23)19-10-4-5-15(14-19)13-18-26(2,20)21/h6-9,15,18H,3-5,10-14H2,1-2H3. The smallest absolute Gasteiger partial charge is 0.243 e. The summed E-state index contributed by atoms with van der Waals surface area (Å²) in [5, 5.41) is 0. The summed E-state index contributed by atoms with van der Waals surface area (Å²) < 4.78 is 62.8. The molecule has 2 rings (SSSR count). The Bertz CT molecular complexity index is 793. The Morgan fingerprint density at radius 1 is 1.15 bits per heavy atom. The van der Waals surface area contributed by atoms with Gasteiger partial charge in [0.05, 0.1) is 17.8 Å². The molecule has 0 spiro atoms. The van der Waals surface area contributed by atoms with E-state index in [0.717, 1.165) is 12.7 Å². The molecule has 1 saturated heterocycles. The molecular weight excluding hydrogens is 392 g/mol. The Balaban J connectivity index is 1.97. The first kappa shape index (κ1) is 22.1. The fourth-order valence-electron chi connectivity index (χ4n) is 2.90. The maximum Gasteiger partial charge on any atom is 0.243 e. The fourth-order valence-corrected chi connectivity index (χ4v) is 4.99. The van der Waals surface area contributed by atoms with Crippen molar-refractivity contribution in [1.29, 1.82) is 0 Å². The molecule has 0 amide bonds. The molecule has 1 aliphatic rings. The van der Waals surface area contributed by atoms with E-state index in [1.54, 1.807) is 12.1 Å². The highest BCUT2D eigenvalue weighted by molar-refractivity contribution is 7.89. The molecule has 1 atom stereocenters. The van der Waals surface area contributed by atoms with Crippen LogP contribution in [0.2, 0.25) is 0 Å². The lowest BCUT2D eigenvalue weighted by Gasteiger charge is -2.31. The van der Waals surface area contributed by atoms with Crippen LogP contribution in [0.1, 0.15) is 19.8 Å². The number of nitrogens with zero attached hydrogens (tertiary/aromatic N) is 1. The van der Waals surface area contributed by atoms with Gasteiger partial charge in [0.25, 0.3) is 0 Å². The van der Waals surface area contributed by atoms with E-state index >= 15 is 0 Å². The largest absolute Gasteiger partial charge is 0.491 e. The van der Waals surface area contributed by atoms with Crippen LogP contribution in [-0.4, -0.2) is 66.9 Å². The number of hydrogen-bond donors (Lipinski definition) is 1. The van der Waals surface area contributed by atoms with E-state index in [2.05, 4.69) is 4.72 Å². The number of nitrogens with one attached hydrogen (secondary N) is 1. The molecule has 0 aromatic heterocycles. The second kappa shape index (κ2) is 9.83. The lowest BCUT2D eigenvalue weighted by molar-refractivity contribution is 0.110. The molecule has 1 unspecified atom stereocenters. The minimum Gasteiger partial charge on any atom is -0.491 e. The monoisotopic (exact) mass is 420 g/mol. The lowest BCUT2D eigenvalue weighted by Crippen LogP contribution is -2.43. The third-order valence-corrected chi connectivity index (χ3v) is 6.85. The Morgan fingerprint density at radius 2 is 1.85 bits per heavy atom. The predicted molar refractivity (Wildman–Crippen MR) is 103 cm³/mol. The van der Waals surface area contributed by atoms with Crippen LogP contribution in [0.25, 0.3) is 0 Å². The van der Waals surface area contributed by atoms with Crippen molar-refractivity contribution in [3.63, 3.8) is 0 Å². The van der Waals surface area contributed by atoms with Crippen LogP contribution in [0.3, 0.4) is 0 Å². The topological polar surface area (TPSA) is 102 Å². The van der Waals surface area contributed by atoms with Crippen molar-refractivity contribution < 1.29 is 26.3 Å². The van der Waals surface area contributed by atoms with E-state index in [4.69, 9.17) is 9.47 Å². The highest BCUT2D eigenvalue weighted by Gasteiger charge is 2.30. The van der Waals surface area contributed by atoms with E-state index in [1.165, 1.54) is 16.4 Å². The summed E-state index contributed by atoms with van der Waals surface area (Å²) >= 11 is 0. The van der Waals surface area contributed by atoms with Gasteiger partial charge in [-0.25, -0.2) is 21.6 Å². The van der Waals surface area contributed by atoms with Gasteiger partial charge in [0.1, 0.15) is 12.4 Å². The average molecular weight is 421 g/mol. The van der Waals surface area contributed by atoms with E-state index in [-0.39, 0.29) is 17.4 Å². The van der Waals surface area contributed by atoms with Gasteiger partial charge in [-0.2, -0.15) is 4.31 Å². The van der Waals surface area contributed by atoms with Crippen LogP contribution in [0.5, 0.6) is 5.75 Å². The maximum absolute atomic E-state index is 12.9. The Morgan fingerprint density at radius 3 is 2.48 bits per heavy atom. The molecule has 0 bridgehead atoms. The minimum absolute atomic E-state index is 0.0376. The Hall–Kier alpha value is -1.20. The molecule has 1 fully saturated rings. The number of ether oxygens (including phenoxy) is 2. The van der Waals surface area contributed by atoms with Crippen molar-refractivity contribution in [3.8, 4) is 5.75 Å². The summed E-state index contributed by atoms with van der Waals surface area (Å²) in [6, 6.07) is 6.32. The molecule has 0 aliphatic carbocycles. The molecule has 1 heterocycles. The van der Waals surface area contributed by atoms with Crippen LogP contribution in [-0.2, 0) is 24.8 Å². The van der Waals surface area contributed by atoms with Crippen LogP contribution in [0.4, 0.5) is 0 Å². The van der Waals surface area contributed by atoms with Gasteiger partial charge < -0.3 is 9.47 Å². The normalized spacial score (nSPS) is 19.1. The first-order valence-corrected chi connectivity index (χ1v) is 12.3. The first-order valence-electron chi connectivity index (χ1n) is 8.98. The molecule has 10 heteroatoms. The van der Waals surface area contributed by atoms with Crippen LogP contribution in [0.15, 0.2) is 29.2 Å². The minimum atomic E-state index is -3.62. The van der Waals surface area contributed by atoms with Gasteiger partial charge in [0, 0.05) is 26.2 Å². The van der Waals surface area contributed by atoms with Crippen LogP contribution < -0.4 is 9.46 Å². The molecule has 0 radical (unpaired) electrons. The van der Waals surface area contributed by atoms with E-state index < -0.39 is 20.0 Å². The van der Waals surface area contributed by atoms with Gasteiger partial charge in [-0.1, -0.05) is 0 Å². The Kier molecular flexibility index (Phi) is 8.04. The lowest BCUT2D eigenvalue weighted by atomic mass is 10.0. The molecule has 1 N–H and O–H groups in total. The quantitative estimate of drug-likeness (QED) is 0.568. The molecule has 1 aliphatic heterocycles. The maximum atomic E-state index is 12.9. The highest BCUT2D eigenvalue weighted by Crippen LogP contribution is 2.25. The number of benzene rings is 1. The van der Waals surface area contributed by atoms with E-state index in [1.807, 2.05) is 6.92 Å². The zero-order valence-corrected chi connectivity index (χ0v) is 17.4. The number of sulfonamides is 2. The number of rotatable bonds is 10. The van der Waals surface area contributed by atoms with Crippen LogP contribution >= 0.6 is 0 Å². The first-order chi connectivity index (χ1) is 12.7. The molecule has 0 saturated carbocycles. The SMILES string of the molecule is CCOCCOc1ccc(S(=O)(=O)N2CCCC(CNS(C)(=O)=O)C2)cc1. The Labute approximate surface area is 161 Å². The second-order valence-corrected chi connectivity index (χ2v) is 10.3. The zero-order valence-electron chi connectivity index (χ0n) is 15.8. The molecular formula is C17H28N2O6S2. The summed E-state index contributed by atoms with van der Waals surface area (Å²) in [6.45, 7) is 4.40. The van der Waals surface area contributed by atoms with E-state index in [0.29, 0.717) is 45.1 Å². The van der Waals surface area contributed by atoms with Crippen LogP contribution in [0, 0.1) is 5.92 Å². The van der Waals surface area contributed by atoms with Gasteiger partial charge in [-0.05, 0) is 49.9 Å². The summed E-state index contributed by atoms with van der Waals surface area (Å²) in [7, 11) is -6.90. The summed E-state index contributed by atoms with van der Waals surface area (Å²) in [4.78, 5) is 0.205. The zero-order chi connectivity index (χ0) is 19.9. The van der Waals surface area contributed by atoms with Crippen molar-refractivity contribution >= 4 is 20.0 Å². The molecule has 8 nitrogen and oxygen atoms in total. The van der Waals surface area contributed by atoms with Crippen molar-refractivity contribution in [1.82, 2.24) is 9.03 Å². The van der Waals surface area contributed by atoms with Gasteiger partial charge in [-0.15, -0.1) is 0 Å². The predicted octanol–water partition coefficient (Wildman–Crippen LogP) is 1.05. The van der Waals surface area contributed by atoms with E-state index in [9.17, 15) is 16.8 Å². The van der Waals surface area contributed by atoms with Crippen molar-refractivity contribution in [3.05, 3.63) is 24.3 Å². The number of hydrogen-bond acceptors (Lipinski definition) is 6. The summed E-state index contributed by atoms with van der Waals surface area (Å²) in [6.07, 6.45) is 2.59. The molecule has 27 heavy (non-hydrogen) atoms. The van der Waals surface area contributed by atoms with Gasteiger partial charge in [0.15, 0.2) is 0 Å². The second-order valence-electron chi connectivity index (χ2n) is 6.51. The van der Waals surface area contributed by atoms with Crippen molar-refractivity contribution in [2.45, 2.75) is 24.7 Å². The average Bonchev–Trinajstić information content (AvgIpc) is 2.64. The molecule has 154 valence electrons. The summed E-state index contributed by atoms with van der Waals surface area (Å²) in [5.41, 5.74) is 0. The molecule has 1 aromatic rings. The molecule has 1 aromatic carbocycles.